The highest BCUT2D eigenvalue weighted by molar-refractivity contribution is 4.81. The molecule has 0 atom stereocenters. The number of nitrogens with one attached hydrogen (secondary N) is 1. The van der Waals surface area contributed by atoms with Crippen molar-refractivity contribution in [2.24, 2.45) is 5.92 Å². The molecule has 0 unspecified atom stereocenters. The average Bonchev–Trinajstić information content (AvgIpc) is 2.85. The molecule has 84 valence electrons. The summed E-state index contributed by atoms with van der Waals surface area (Å²) in [5.41, 5.74) is 0. The van der Waals surface area contributed by atoms with Crippen LogP contribution in [-0.4, -0.2) is 36.6 Å². The second-order valence-corrected chi connectivity index (χ2v) is 5.21. The van der Waals surface area contributed by atoms with Crippen molar-refractivity contribution in [3.8, 4) is 0 Å². The second kappa shape index (κ2) is 5.72. The first-order chi connectivity index (χ1) is 6.59. The molecule has 0 aliphatic heterocycles. The van der Waals surface area contributed by atoms with Gasteiger partial charge in [-0.2, -0.15) is 0 Å². The molecule has 0 spiro atoms. The highest BCUT2D eigenvalue weighted by Gasteiger charge is 2.20. The van der Waals surface area contributed by atoms with E-state index in [0.717, 1.165) is 18.5 Å². The monoisotopic (exact) mass is 198 g/mol. The second-order valence-electron chi connectivity index (χ2n) is 5.21. The van der Waals surface area contributed by atoms with Crippen LogP contribution < -0.4 is 5.32 Å². The maximum Gasteiger partial charge on any atom is 0.0110 e. The van der Waals surface area contributed by atoms with Crippen LogP contribution in [0.25, 0.3) is 0 Å². The van der Waals surface area contributed by atoms with Crippen molar-refractivity contribution in [2.75, 3.05) is 19.6 Å². The van der Waals surface area contributed by atoms with E-state index in [1.165, 1.54) is 25.9 Å². The minimum Gasteiger partial charge on any atom is -0.313 e. The largest absolute Gasteiger partial charge is 0.313 e. The highest BCUT2D eigenvalue weighted by atomic mass is 15.2. The molecule has 0 aromatic carbocycles. The van der Waals surface area contributed by atoms with Gasteiger partial charge in [0.1, 0.15) is 0 Å². The summed E-state index contributed by atoms with van der Waals surface area (Å²) in [6.45, 7) is 12.8. The molecule has 0 aromatic rings. The average molecular weight is 198 g/mol. The maximum atomic E-state index is 3.57. The van der Waals surface area contributed by atoms with E-state index in [0.29, 0.717) is 6.04 Å². The fraction of sp³-hybridized carbons (Fsp3) is 1.00. The van der Waals surface area contributed by atoms with Crippen LogP contribution in [0.4, 0.5) is 0 Å². The molecule has 1 N–H and O–H groups in total. The zero-order valence-corrected chi connectivity index (χ0v) is 10.2. The summed E-state index contributed by atoms with van der Waals surface area (Å²) < 4.78 is 0. The Kier molecular flexibility index (Phi) is 4.90. The van der Waals surface area contributed by atoms with Gasteiger partial charge < -0.3 is 5.32 Å². The van der Waals surface area contributed by atoms with Crippen molar-refractivity contribution in [3.63, 3.8) is 0 Å². The van der Waals surface area contributed by atoms with Gasteiger partial charge in [-0.25, -0.2) is 0 Å². The smallest absolute Gasteiger partial charge is 0.0110 e. The first-order valence-corrected chi connectivity index (χ1v) is 6.07. The predicted octanol–water partition coefficient (Wildman–Crippen LogP) is 2.10. The van der Waals surface area contributed by atoms with Crippen LogP contribution in [0.15, 0.2) is 0 Å². The normalized spacial score (nSPS) is 17.4. The molecular weight excluding hydrogens is 172 g/mol. The Morgan fingerprint density at radius 3 is 2.29 bits per heavy atom. The van der Waals surface area contributed by atoms with Gasteiger partial charge >= 0.3 is 0 Å². The Balaban J connectivity index is 2.12. The molecule has 0 aromatic heterocycles. The molecule has 2 heteroatoms. The third-order valence-corrected chi connectivity index (χ3v) is 2.74. The minimum atomic E-state index is 0.679. The van der Waals surface area contributed by atoms with E-state index in [9.17, 15) is 0 Å². The van der Waals surface area contributed by atoms with Crippen LogP contribution in [0, 0.1) is 5.92 Å². The number of hydrogen-bond donors (Lipinski definition) is 1. The lowest BCUT2D eigenvalue weighted by atomic mass is 10.2. The summed E-state index contributed by atoms with van der Waals surface area (Å²) >= 11 is 0. The molecule has 14 heavy (non-hydrogen) atoms. The van der Waals surface area contributed by atoms with Gasteiger partial charge in [0.15, 0.2) is 0 Å². The molecule has 0 amide bonds. The Bertz CT molecular complexity index is 150. The molecule has 2 nitrogen and oxygen atoms in total. The molecule has 0 saturated heterocycles. The standard InChI is InChI=1S/C12H26N2/c1-10(2)9-14(11(3)4)8-7-13-12-5-6-12/h10-13H,5-9H2,1-4H3. The lowest BCUT2D eigenvalue weighted by molar-refractivity contribution is 0.198. The van der Waals surface area contributed by atoms with Crippen molar-refractivity contribution < 1.29 is 0 Å². The summed E-state index contributed by atoms with van der Waals surface area (Å²) in [5.74, 6) is 0.776. The van der Waals surface area contributed by atoms with E-state index in [4.69, 9.17) is 0 Å². The van der Waals surface area contributed by atoms with Crippen LogP contribution in [-0.2, 0) is 0 Å². The van der Waals surface area contributed by atoms with E-state index in [2.05, 4.69) is 37.9 Å². The number of nitrogens with zero attached hydrogens (tertiary/aromatic N) is 1. The third-order valence-electron chi connectivity index (χ3n) is 2.74. The van der Waals surface area contributed by atoms with Crippen molar-refractivity contribution in [2.45, 2.75) is 52.6 Å². The molecule has 1 aliphatic rings. The fourth-order valence-electron chi connectivity index (χ4n) is 1.73. The third kappa shape index (κ3) is 4.97. The van der Waals surface area contributed by atoms with E-state index >= 15 is 0 Å². The predicted molar refractivity (Wildman–Crippen MR) is 62.6 cm³/mol. The topological polar surface area (TPSA) is 15.3 Å². The minimum absolute atomic E-state index is 0.679. The molecule has 1 rings (SSSR count). The van der Waals surface area contributed by atoms with Crippen LogP contribution in [0.1, 0.15) is 40.5 Å². The zero-order chi connectivity index (χ0) is 10.6. The number of rotatable bonds is 7. The van der Waals surface area contributed by atoms with E-state index in [-0.39, 0.29) is 0 Å². The fourth-order valence-corrected chi connectivity index (χ4v) is 1.73. The summed E-state index contributed by atoms with van der Waals surface area (Å²) in [4.78, 5) is 2.57. The van der Waals surface area contributed by atoms with E-state index in [1.54, 1.807) is 0 Å². The maximum absolute atomic E-state index is 3.57. The molecular formula is C12H26N2. The van der Waals surface area contributed by atoms with Crippen LogP contribution in [0.3, 0.4) is 0 Å². The Hall–Kier alpha value is -0.0800. The SMILES string of the molecule is CC(C)CN(CCNC1CC1)C(C)C. The lowest BCUT2D eigenvalue weighted by Crippen LogP contribution is -2.39. The summed E-state index contributed by atoms with van der Waals surface area (Å²) in [6.07, 6.45) is 2.79. The van der Waals surface area contributed by atoms with Crippen molar-refractivity contribution in [1.29, 1.82) is 0 Å². The van der Waals surface area contributed by atoms with Gasteiger partial charge in [0, 0.05) is 31.7 Å². The van der Waals surface area contributed by atoms with Gasteiger partial charge in [-0.15, -0.1) is 0 Å². The molecule has 0 heterocycles. The quantitative estimate of drug-likeness (QED) is 0.674. The van der Waals surface area contributed by atoms with Crippen LogP contribution in [0.2, 0.25) is 0 Å². The molecule has 1 aliphatic carbocycles. The Morgan fingerprint density at radius 1 is 1.21 bits per heavy atom. The first kappa shape index (κ1) is 12.0. The van der Waals surface area contributed by atoms with Crippen molar-refractivity contribution in [3.05, 3.63) is 0 Å². The van der Waals surface area contributed by atoms with Crippen molar-refractivity contribution in [1.82, 2.24) is 10.2 Å². The van der Waals surface area contributed by atoms with Gasteiger partial charge in [-0.05, 0) is 32.6 Å². The molecule has 0 radical (unpaired) electrons. The first-order valence-electron chi connectivity index (χ1n) is 6.07. The summed E-state index contributed by atoms with van der Waals surface area (Å²) in [5, 5.41) is 3.57. The summed E-state index contributed by atoms with van der Waals surface area (Å²) in [7, 11) is 0. The highest BCUT2D eigenvalue weighted by Crippen LogP contribution is 2.18. The van der Waals surface area contributed by atoms with E-state index < -0.39 is 0 Å². The molecule has 1 fully saturated rings. The van der Waals surface area contributed by atoms with Crippen LogP contribution >= 0.6 is 0 Å². The van der Waals surface area contributed by atoms with Gasteiger partial charge in [0.25, 0.3) is 0 Å². The zero-order valence-electron chi connectivity index (χ0n) is 10.2. The Morgan fingerprint density at radius 2 is 1.86 bits per heavy atom. The number of hydrogen-bond acceptors (Lipinski definition) is 2. The van der Waals surface area contributed by atoms with Gasteiger partial charge in [0.2, 0.25) is 0 Å². The van der Waals surface area contributed by atoms with E-state index in [1.807, 2.05) is 0 Å². The summed E-state index contributed by atoms with van der Waals surface area (Å²) in [6, 6.07) is 1.53. The molecule has 1 saturated carbocycles. The van der Waals surface area contributed by atoms with Gasteiger partial charge in [-0.3, -0.25) is 4.90 Å². The molecule has 0 bridgehead atoms. The Labute approximate surface area is 89.1 Å². The van der Waals surface area contributed by atoms with Gasteiger partial charge in [0.05, 0.1) is 0 Å². The van der Waals surface area contributed by atoms with Crippen molar-refractivity contribution >= 4 is 0 Å². The van der Waals surface area contributed by atoms with Crippen LogP contribution in [0.5, 0.6) is 0 Å². The van der Waals surface area contributed by atoms with Gasteiger partial charge in [-0.1, -0.05) is 13.8 Å². The lowest BCUT2D eigenvalue weighted by Gasteiger charge is -2.28.